The van der Waals surface area contributed by atoms with Gasteiger partial charge >= 0.3 is 0 Å². The lowest BCUT2D eigenvalue weighted by molar-refractivity contribution is 0.0282. The smallest absolute Gasteiger partial charge is 0.0309 e. The molecular formula is C16H32N2. The molecule has 0 amide bonds. The molecule has 1 aliphatic heterocycles. The van der Waals surface area contributed by atoms with Crippen LogP contribution >= 0.6 is 0 Å². The zero-order valence-corrected chi connectivity index (χ0v) is 13.0. The van der Waals surface area contributed by atoms with Crippen LogP contribution in [-0.2, 0) is 0 Å². The number of nitrogens with one attached hydrogen (secondary N) is 1. The van der Waals surface area contributed by atoms with Gasteiger partial charge in [-0.1, -0.05) is 26.7 Å². The molecule has 0 radical (unpaired) electrons. The summed E-state index contributed by atoms with van der Waals surface area (Å²) in [4.78, 5) is 2.78. The third kappa shape index (κ3) is 2.75. The zero-order valence-electron chi connectivity index (χ0n) is 13.0. The lowest BCUT2D eigenvalue weighted by atomic mass is 9.87. The van der Waals surface area contributed by atoms with Crippen molar-refractivity contribution in [3.8, 4) is 0 Å². The second kappa shape index (κ2) is 5.50. The lowest BCUT2D eigenvalue weighted by Gasteiger charge is -2.49. The van der Waals surface area contributed by atoms with Crippen molar-refractivity contribution in [3.05, 3.63) is 0 Å². The molecule has 1 heterocycles. The maximum absolute atomic E-state index is 3.83. The van der Waals surface area contributed by atoms with Gasteiger partial charge in [-0.05, 0) is 45.4 Å². The highest BCUT2D eigenvalue weighted by Gasteiger charge is 2.46. The van der Waals surface area contributed by atoms with E-state index in [0.717, 1.165) is 24.4 Å². The van der Waals surface area contributed by atoms with Gasteiger partial charge < -0.3 is 5.32 Å². The highest BCUT2D eigenvalue weighted by atomic mass is 15.3. The Morgan fingerprint density at radius 1 is 1.28 bits per heavy atom. The molecule has 0 aromatic rings. The Balaban J connectivity index is 2.04. The molecule has 0 aromatic carbocycles. The molecule has 2 fully saturated rings. The maximum atomic E-state index is 3.83. The molecule has 1 aliphatic carbocycles. The van der Waals surface area contributed by atoms with Crippen molar-refractivity contribution in [1.82, 2.24) is 10.2 Å². The SMILES string of the molecule is CCC(CC)C(C)N1CC(C)(C2CC2)NCC1C. The third-order valence-electron chi connectivity index (χ3n) is 5.61. The summed E-state index contributed by atoms with van der Waals surface area (Å²) >= 11 is 0. The highest BCUT2D eigenvalue weighted by molar-refractivity contribution is 5.04. The first kappa shape index (κ1) is 14.3. The third-order valence-corrected chi connectivity index (χ3v) is 5.61. The standard InChI is InChI=1S/C16H32N2/c1-6-14(7-2)13(4)18-11-16(5,15-8-9-15)17-10-12(18)3/h12-15,17H,6-11H2,1-5H3. The molecule has 2 aliphatic rings. The van der Waals surface area contributed by atoms with Crippen molar-refractivity contribution in [2.45, 2.75) is 77.9 Å². The van der Waals surface area contributed by atoms with Crippen LogP contribution in [0.3, 0.4) is 0 Å². The Bertz CT molecular complexity index is 270. The molecule has 1 saturated carbocycles. The molecule has 0 spiro atoms. The van der Waals surface area contributed by atoms with Gasteiger partial charge in [-0.2, -0.15) is 0 Å². The second-order valence-corrected chi connectivity index (χ2v) is 6.91. The molecule has 0 aromatic heterocycles. The van der Waals surface area contributed by atoms with Gasteiger partial charge in [0.15, 0.2) is 0 Å². The van der Waals surface area contributed by atoms with Crippen molar-refractivity contribution in [1.29, 1.82) is 0 Å². The first-order valence-electron chi connectivity index (χ1n) is 8.02. The van der Waals surface area contributed by atoms with Crippen LogP contribution in [0.5, 0.6) is 0 Å². The summed E-state index contributed by atoms with van der Waals surface area (Å²) in [7, 11) is 0. The summed E-state index contributed by atoms with van der Waals surface area (Å²) in [6, 6.07) is 1.42. The number of piperazine rings is 1. The minimum absolute atomic E-state index is 0.382. The average Bonchev–Trinajstić information content (AvgIpc) is 3.18. The molecule has 2 heteroatoms. The molecule has 0 bridgehead atoms. The van der Waals surface area contributed by atoms with Gasteiger partial charge in [-0.15, -0.1) is 0 Å². The van der Waals surface area contributed by atoms with Crippen LogP contribution in [0.1, 0.15) is 60.3 Å². The van der Waals surface area contributed by atoms with Gasteiger partial charge in [0.1, 0.15) is 0 Å². The van der Waals surface area contributed by atoms with E-state index in [1.54, 1.807) is 0 Å². The summed E-state index contributed by atoms with van der Waals surface area (Å²) < 4.78 is 0. The van der Waals surface area contributed by atoms with Gasteiger partial charge in [0, 0.05) is 30.7 Å². The largest absolute Gasteiger partial charge is 0.308 e. The lowest BCUT2D eigenvalue weighted by Crippen LogP contribution is -2.65. The fraction of sp³-hybridized carbons (Fsp3) is 1.00. The number of hydrogen-bond donors (Lipinski definition) is 1. The van der Waals surface area contributed by atoms with E-state index in [1.165, 1.54) is 32.2 Å². The van der Waals surface area contributed by atoms with Crippen LogP contribution in [0.2, 0.25) is 0 Å². The minimum Gasteiger partial charge on any atom is -0.308 e. The van der Waals surface area contributed by atoms with Gasteiger partial charge in [0.25, 0.3) is 0 Å². The quantitative estimate of drug-likeness (QED) is 0.808. The van der Waals surface area contributed by atoms with Gasteiger partial charge in [-0.25, -0.2) is 0 Å². The van der Waals surface area contributed by atoms with Gasteiger partial charge in [0.2, 0.25) is 0 Å². The maximum Gasteiger partial charge on any atom is 0.0309 e. The van der Waals surface area contributed by atoms with E-state index in [1.807, 2.05) is 0 Å². The van der Waals surface area contributed by atoms with Crippen LogP contribution in [-0.4, -0.2) is 35.6 Å². The highest BCUT2D eigenvalue weighted by Crippen LogP contribution is 2.42. The molecule has 2 nitrogen and oxygen atoms in total. The Hall–Kier alpha value is -0.0800. The van der Waals surface area contributed by atoms with E-state index in [9.17, 15) is 0 Å². The number of nitrogens with zero attached hydrogens (tertiary/aromatic N) is 1. The van der Waals surface area contributed by atoms with E-state index in [2.05, 4.69) is 44.8 Å². The van der Waals surface area contributed by atoms with Crippen LogP contribution in [0, 0.1) is 11.8 Å². The van der Waals surface area contributed by atoms with Crippen LogP contribution in [0.15, 0.2) is 0 Å². The predicted octanol–water partition coefficient (Wildman–Crippen LogP) is 3.27. The van der Waals surface area contributed by atoms with E-state index >= 15 is 0 Å². The number of rotatable bonds is 5. The molecule has 1 N–H and O–H groups in total. The van der Waals surface area contributed by atoms with E-state index in [-0.39, 0.29) is 0 Å². The Kier molecular flexibility index (Phi) is 4.38. The Labute approximate surface area is 114 Å². The summed E-state index contributed by atoms with van der Waals surface area (Å²) in [5.74, 6) is 1.79. The van der Waals surface area contributed by atoms with Gasteiger partial charge in [0.05, 0.1) is 0 Å². The molecular weight excluding hydrogens is 220 g/mol. The number of hydrogen-bond acceptors (Lipinski definition) is 2. The fourth-order valence-electron chi connectivity index (χ4n) is 3.87. The first-order valence-corrected chi connectivity index (χ1v) is 8.02. The summed E-state index contributed by atoms with van der Waals surface area (Å²) in [6.45, 7) is 14.4. The summed E-state index contributed by atoms with van der Waals surface area (Å²) in [6.07, 6.45) is 5.50. The Morgan fingerprint density at radius 3 is 2.39 bits per heavy atom. The second-order valence-electron chi connectivity index (χ2n) is 6.91. The first-order chi connectivity index (χ1) is 8.51. The normalized spacial score (nSPS) is 36.0. The van der Waals surface area contributed by atoms with Crippen molar-refractivity contribution >= 4 is 0 Å². The fourth-order valence-corrected chi connectivity index (χ4v) is 3.87. The topological polar surface area (TPSA) is 15.3 Å². The van der Waals surface area contributed by atoms with Crippen LogP contribution in [0.4, 0.5) is 0 Å². The molecule has 18 heavy (non-hydrogen) atoms. The van der Waals surface area contributed by atoms with E-state index in [4.69, 9.17) is 0 Å². The van der Waals surface area contributed by atoms with Crippen molar-refractivity contribution < 1.29 is 0 Å². The van der Waals surface area contributed by atoms with Crippen molar-refractivity contribution in [2.75, 3.05) is 13.1 Å². The molecule has 106 valence electrons. The molecule has 3 unspecified atom stereocenters. The predicted molar refractivity (Wildman–Crippen MR) is 78.8 cm³/mol. The molecule has 2 rings (SSSR count). The minimum atomic E-state index is 0.382. The molecule has 3 atom stereocenters. The summed E-state index contributed by atoms with van der Waals surface area (Å²) in [5, 5.41) is 3.83. The Morgan fingerprint density at radius 2 is 1.89 bits per heavy atom. The zero-order chi connectivity index (χ0) is 13.3. The summed E-state index contributed by atoms with van der Waals surface area (Å²) in [5.41, 5.74) is 0.382. The van der Waals surface area contributed by atoms with Crippen LogP contribution in [0.25, 0.3) is 0 Å². The van der Waals surface area contributed by atoms with Crippen LogP contribution < -0.4 is 5.32 Å². The monoisotopic (exact) mass is 252 g/mol. The van der Waals surface area contributed by atoms with E-state index < -0.39 is 0 Å². The van der Waals surface area contributed by atoms with Crippen molar-refractivity contribution in [2.24, 2.45) is 11.8 Å². The van der Waals surface area contributed by atoms with E-state index in [0.29, 0.717) is 11.6 Å². The molecule has 1 saturated heterocycles. The van der Waals surface area contributed by atoms with Crippen molar-refractivity contribution in [3.63, 3.8) is 0 Å². The average molecular weight is 252 g/mol. The van der Waals surface area contributed by atoms with Gasteiger partial charge in [-0.3, -0.25) is 4.90 Å².